The van der Waals surface area contributed by atoms with E-state index in [1.165, 1.54) is 35.4 Å². The van der Waals surface area contributed by atoms with Gasteiger partial charge in [0.15, 0.2) is 0 Å². The topological polar surface area (TPSA) is 34.9 Å². The highest BCUT2D eigenvalue weighted by Crippen LogP contribution is 2.39. The molecule has 3 nitrogen and oxygen atoms in total. The smallest absolute Gasteiger partial charge is 0.259 e. The highest BCUT2D eigenvalue weighted by Gasteiger charge is 2.22. The molecule has 1 aliphatic rings. The second-order valence-electron chi connectivity index (χ2n) is 4.29. The molecule has 1 saturated carbocycles. The lowest BCUT2D eigenvalue weighted by Crippen LogP contribution is -2.17. The lowest BCUT2D eigenvalue weighted by atomic mass is 10.1. The summed E-state index contributed by atoms with van der Waals surface area (Å²) < 4.78 is 1.49. The highest BCUT2D eigenvalue weighted by molar-refractivity contribution is 6.29. The number of hydrogen-bond donors (Lipinski definition) is 0. The molecule has 1 fully saturated rings. The lowest BCUT2D eigenvalue weighted by molar-refractivity contribution is 0.933. The summed E-state index contributed by atoms with van der Waals surface area (Å²) in [6, 6.07) is 9.37. The number of hydrogen-bond acceptors (Lipinski definition) is 2. The van der Waals surface area contributed by atoms with Gasteiger partial charge in [0, 0.05) is 6.07 Å². The molecule has 1 aromatic carbocycles. The Kier molecular flexibility index (Phi) is 2.48. The SMILES string of the molecule is O=c1cc(Cl)ncn1-c1ccc(C2CC2)cc1. The molecular weight excluding hydrogens is 236 g/mol. The van der Waals surface area contributed by atoms with Gasteiger partial charge < -0.3 is 0 Å². The molecule has 1 heterocycles. The quantitative estimate of drug-likeness (QED) is 0.764. The summed E-state index contributed by atoms with van der Waals surface area (Å²) in [5, 5.41) is 0.223. The van der Waals surface area contributed by atoms with Crippen molar-refractivity contribution in [2.75, 3.05) is 0 Å². The molecule has 0 bridgehead atoms. The average molecular weight is 247 g/mol. The van der Waals surface area contributed by atoms with E-state index in [1.807, 2.05) is 12.1 Å². The summed E-state index contributed by atoms with van der Waals surface area (Å²) in [6.45, 7) is 0. The number of nitrogens with zero attached hydrogens (tertiary/aromatic N) is 2. The molecule has 4 heteroatoms. The molecule has 2 aromatic rings. The standard InChI is InChI=1S/C13H11ClN2O/c14-12-7-13(17)16(8-15-12)11-5-3-10(4-6-11)9-1-2-9/h3-9H,1-2H2. The summed E-state index contributed by atoms with van der Waals surface area (Å²) in [5.74, 6) is 0.726. The van der Waals surface area contributed by atoms with Gasteiger partial charge in [-0.05, 0) is 36.5 Å². The molecule has 1 aromatic heterocycles. The van der Waals surface area contributed by atoms with Crippen LogP contribution in [-0.2, 0) is 0 Å². The van der Waals surface area contributed by atoms with E-state index >= 15 is 0 Å². The van der Waals surface area contributed by atoms with Crippen LogP contribution < -0.4 is 5.56 Å². The molecule has 17 heavy (non-hydrogen) atoms. The first kappa shape index (κ1) is 10.5. The van der Waals surface area contributed by atoms with Gasteiger partial charge in [0.05, 0.1) is 5.69 Å². The first-order valence-corrected chi connectivity index (χ1v) is 5.96. The molecule has 3 rings (SSSR count). The Morgan fingerprint density at radius 2 is 1.94 bits per heavy atom. The molecule has 0 spiro atoms. The van der Waals surface area contributed by atoms with Crippen LogP contribution in [0.2, 0.25) is 5.15 Å². The van der Waals surface area contributed by atoms with Crippen molar-refractivity contribution in [2.45, 2.75) is 18.8 Å². The predicted molar refractivity (Wildman–Crippen MR) is 66.8 cm³/mol. The van der Waals surface area contributed by atoms with Gasteiger partial charge >= 0.3 is 0 Å². The van der Waals surface area contributed by atoms with Crippen LogP contribution in [0, 0.1) is 0 Å². The van der Waals surface area contributed by atoms with Crippen LogP contribution in [0.4, 0.5) is 0 Å². The summed E-state index contributed by atoms with van der Waals surface area (Å²) in [7, 11) is 0. The highest BCUT2D eigenvalue weighted by atomic mass is 35.5. The molecule has 0 aliphatic heterocycles. The van der Waals surface area contributed by atoms with E-state index < -0.39 is 0 Å². The minimum atomic E-state index is -0.163. The van der Waals surface area contributed by atoms with Crippen LogP contribution in [0.1, 0.15) is 24.3 Å². The van der Waals surface area contributed by atoms with Gasteiger partial charge in [-0.15, -0.1) is 0 Å². The molecule has 86 valence electrons. The zero-order valence-electron chi connectivity index (χ0n) is 9.14. The van der Waals surface area contributed by atoms with Crippen LogP contribution in [0.25, 0.3) is 5.69 Å². The van der Waals surface area contributed by atoms with E-state index in [4.69, 9.17) is 11.6 Å². The van der Waals surface area contributed by atoms with Gasteiger partial charge in [-0.2, -0.15) is 0 Å². The maximum Gasteiger partial charge on any atom is 0.259 e. The lowest BCUT2D eigenvalue weighted by Gasteiger charge is -2.05. The zero-order chi connectivity index (χ0) is 11.8. The fourth-order valence-electron chi connectivity index (χ4n) is 1.90. The van der Waals surface area contributed by atoms with Crippen molar-refractivity contribution in [1.82, 2.24) is 9.55 Å². The van der Waals surface area contributed by atoms with Crippen molar-refractivity contribution in [1.29, 1.82) is 0 Å². The van der Waals surface area contributed by atoms with Gasteiger partial charge in [-0.3, -0.25) is 9.36 Å². The summed E-state index contributed by atoms with van der Waals surface area (Å²) >= 11 is 5.66. The normalized spacial score (nSPS) is 14.9. The monoisotopic (exact) mass is 246 g/mol. The van der Waals surface area contributed by atoms with E-state index in [0.717, 1.165) is 11.6 Å². The van der Waals surface area contributed by atoms with Gasteiger partial charge in [0.2, 0.25) is 0 Å². The molecule has 0 radical (unpaired) electrons. The maximum absolute atomic E-state index is 11.7. The fourth-order valence-corrected chi connectivity index (χ4v) is 2.03. The van der Waals surface area contributed by atoms with Crippen LogP contribution in [0.3, 0.4) is 0 Å². The third-order valence-electron chi connectivity index (χ3n) is 3.00. The van der Waals surface area contributed by atoms with Gasteiger partial charge in [0.1, 0.15) is 11.5 Å². The number of benzene rings is 1. The minimum Gasteiger partial charge on any atom is -0.269 e. The van der Waals surface area contributed by atoms with Crippen molar-refractivity contribution in [2.24, 2.45) is 0 Å². The molecule has 1 aliphatic carbocycles. The second kappa shape index (κ2) is 4.00. The summed E-state index contributed by atoms with van der Waals surface area (Å²) in [6.07, 6.45) is 4.01. The zero-order valence-corrected chi connectivity index (χ0v) is 9.89. The Morgan fingerprint density at radius 3 is 2.53 bits per heavy atom. The minimum absolute atomic E-state index is 0.163. The van der Waals surface area contributed by atoms with Gasteiger partial charge in [-0.25, -0.2) is 4.98 Å². The predicted octanol–water partition coefficient (Wildman–Crippen LogP) is 2.76. The molecule has 0 saturated heterocycles. The molecule has 0 N–H and O–H groups in total. The molecule has 0 unspecified atom stereocenters. The van der Waals surface area contributed by atoms with Gasteiger partial charge in [0.25, 0.3) is 5.56 Å². The maximum atomic E-state index is 11.7. The Morgan fingerprint density at radius 1 is 1.24 bits per heavy atom. The van der Waals surface area contributed by atoms with E-state index in [0.29, 0.717) is 0 Å². The van der Waals surface area contributed by atoms with E-state index in [2.05, 4.69) is 17.1 Å². The average Bonchev–Trinajstić information content (AvgIpc) is 3.13. The van der Waals surface area contributed by atoms with E-state index in [1.54, 1.807) is 0 Å². The van der Waals surface area contributed by atoms with Crippen molar-refractivity contribution in [3.05, 3.63) is 57.7 Å². The third-order valence-corrected chi connectivity index (χ3v) is 3.20. The number of rotatable bonds is 2. The summed E-state index contributed by atoms with van der Waals surface area (Å²) in [5.41, 5.74) is 2.01. The van der Waals surface area contributed by atoms with E-state index in [-0.39, 0.29) is 10.7 Å². The molecule has 0 amide bonds. The first-order valence-electron chi connectivity index (χ1n) is 5.58. The van der Waals surface area contributed by atoms with Crippen molar-refractivity contribution in [3.63, 3.8) is 0 Å². The Balaban J connectivity index is 2.00. The second-order valence-corrected chi connectivity index (χ2v) is 4.67. The van der Waals surface area contributed by atoms with Crippen LogP contribution >= 0.6 is 11.6 Å². The van der Waals surface area contributed by atoms with Crippen LogP contribution in [0.15, 0.2) is 41.5 Å². The largest absolute Gasteiger partial charge is 0.269 e. The Bertz CT molecular complexity index is 600. The van der Waals surface area contributed by atoms with Crippen molar-refractivity contribution < 1.29 is 0 Å². The first-order chi connectivity index (χ1) is 8.24. The van der Waals surface area contributed by atoms with Crippen molar-refractivity contribution >= 4 is 11.6 Å². The Labute approximate surface area is 104 Å². The van der Waals surface area contributed by atoms with Crippen LogP contribution in [0.5, 0.6) is 0 Å². The van der Waals surface area contributed by atoms with E-state index in [9.17, 15) is 4.79 Å². The molecular formula is C13H11ClN2O. The van der Waals surface area contributed by atoms with Gasteiger partial charge in [-0.1, -0.05) is 23.7 Å². The summed E-state index contributed by atoms with van der Waals surface area (Å²) in [4.78, 5) is 15.6. The number of halogens is 1. The Hall–Kier alpha value is -1.61. The number of aromatic nitrogens is 2. The van der Waals surface area contributed by atoms with Crippen LogP contribution in [-0.4, -0.2) is 9.55 Å². The third kappa shape index (κ3) is 2.11. The molecule has 0 atom stereocenters. The fraction of sp³-hybridized carbons (Fsp3) is 0.231. The van der Waals surface area contributed by atoms with Crippen molar-refractivity contribution in [3.8, 4) is 5.69 Å².